The summed E-state index contributed by atoms with van der Waals surface area (Å²) in [4.78, 5) is 13.4. The van der Waals surface area contributed by atoms with Crippen molar-refractivity contribution < 1.29 is 4.79 Å². The van der Waals surface area contributed by atoms with Crippen LogP contribution in [0, 0.1) is 6.92 Å². The molecule has 0 spiro atoms. The molecule has 0 aliphatic rings. The van der Waals surface area contributed by atoms with Crippen molar-refractivity contribution in [1.29, 1.82) is 0 Å². The van der Waals surface area contributed by atoms with Gasteiger partial charge in [-0.25, -0.2) is 0 Å². The third kappa shape index (κ3) is 3.23. The lowest BCUT2D eigenvalue weighted by molar-refractivity contribution is 0.0994. The van der Waals surface area contributed by atoms with Crippen molar-refractivity contribution in [3.8, 4) is 0 Å². The molecule has 0 saturated carbocycles. The van der Waals surface area contributed by atoms with E-state index in [1.807, 2.05) is 49.4 Å². The van der Waals surface area contributed by atoms with Gasteiger partial charge in [0.2, 0.25) is 0 Å². The van der Waals surface area contributed by atoms with Crippen LogP contribution in [0.3, 0.4) is 0 Å². The Morgan fingerprint density at radius 1 is 1.06 bits per heavy atom. The molecule has 0 amide bonds. The fourth-order valence-electron chi connectivity index (χ4n) is 1.78. The third-order valence-electron chi connectivity index (χ3n) is 2.73. The van der Waals surface area contributed by atoms with Crippen LogP contribution in [0.2, 0.25) is 0 Å². The number of carbonyl (C=O) groups excluding carboxylic acids is 1. The Morgan fingerprint density at radius 2 is 1.78 bits per heavy atom. The van der Waals surface area contributed by atoms with E-state index < -0.39 is 0 Å². The third-order valence-corrected chi connectivity index (χ3v) is 3.82. The van der Waals surface area contributed by atoms with Gasteiger partial charge in [0.25, 0.3) is 0 Å². The molecule has 1 nitrogen and oxygen atoms in total. The van der Waals surface area contributed by atoms with Gasteiger partial charge in [-0.1, -0.05) is 48.0 Å². The van der Waals surface area contributed by atoms with Crippen molar-refractivity contribution in [2.75, 3.05) is 0 Å². The van der Waals surface area contributed by atoms with Gasteiger partial charge in [0, 0.05) is 10.5 Å². The van der Waals surface area contributed by atoms with E-state index in [0.717, 1.165) is 10.5 Å². The zero-order chi connectivity index (χ0) is 13.0. The molecule has 0 heterocycles. The van der Waals surface area contributed by atoms with E-state index in [-0.39, 0.29) is 11.0 Å². The van der Waals surface area contributed by atoms with E-state index in [0.29, 0.717) is 0 Å². The fourth-order valence-corrected chi connectivity index (χ4v) is 2.85. The van der Waals surface area contributed by atoms with Crippen LogP contribution in [-0.4, -0.2) is 11.0 Å². The van der Waals surface area contributed by atoms with E-state index in [1.54, 1.807) is 11.8 Å². The van der Waals surface area contributed by atoms with Gasteiger partial charge in [-0.2, -0.15) is 0 Å². The van der Waals surface area contributed by atoms with Gasteiger partial charge in [-0.15, -0.1) is 11.8 Å². The second kappa shape index (κ2) is 5.87. The van der Waals surface area contributed by atoms with Crippen LogP contribution in [-0.2, 0) is 0 Å². The van der Waals surface area contributed by atoms with E-state index in [9.17, 15) is 4.79 Å². The predicted octanol–water partition coefficient (Wildman–Crippen LogP) is 4.36. The van der Waals surface area contributed by atoms with Gasteiger partial charge in [0.15, 0.2) is 5.78 Å². The summed E-state index contributed by atoms with van der Waals surface area (Å²) in [6, 6.07) is 17.7. The average molecular weight is 256 g/mol. The summed E-state index contributed by atoms with van der Waals surface area (Å²) in [7, 11) is 0. The van der Waals surface area contributed by atoms with E-state index in [2.05, 4.69) is 19.1 Å². The Balaban J connectivity index is 2.09. The Kier molecular flexibility index (Phi) is 4.21. The number of hydrogen-bond acceptors (Lipinski definition) is 2. The summed E-state index contributed by atoms with van der Waals surface area (Å²) in [5.74, 6) is 0.183. The quantitative estimate of drug-likeness (QED) is 0.597. The van der Waals surface area contributed by atoms with Crippen LogP contribution in [0.15, 0.2) is 59.5 Å². The lowest BCUT2D eigenvalue weighted by atomic mass is 10.1. The first-order valence-corrected chi connectivity index (χ1v) is 6.87. The highest BCUT2D eigenvalue weighted by Gasteiger charge is 2.15. The van der Waals surface area contributed by atoms with Gasteiger partial charge in [-0.3, -0.25) is 4.79 Å². The van der Waals surface area contributed by atoms with Crippen LogP contribution in [0.4, 0.5) is 0 Å². The molecule has 2 aromatic carbocycles. The van der Waals surface area contributed by atoms with Crippen molar-refractivity contribution in [2.45, 2.75) is 24.0 Å². The number of carbonyl (C=O) groups is 1. The molecule has 92 valence electrons. The average Bonchev–Trinajstić information content (AvgIpc) is 2.39. The minimum Gasteiger partial charge on any atom is -0.293 e. The van der Waals surface area contributed by atoms with E-state index in [1.165, 1.54) is 5.56 Å². The van der Waals surface area contributed by atoms with Crippen LogP contribution in [0.25, 0.3) is 0 Å². The summed E-state index contributed by atoms with van der Waals surface area (Å²) in [5.41, 5.74) is 2.00. The molecular weight excluding hydrogens is 240 g/mol. The molecule has 0 saturated heterocycles. The van der Waals surface area contributed by atoms with Crippen molar-refractivity contribution in [3.05, 3.63) is 65.7 Å². The number of hydrogen-bond donors (Lipinski definition) is 0. The molecule has 0 aliphatic heterocycles. The van der Waals surface area contributed by atoms with Gasteiger partial charge in [-0.05, 0) is 26.0 Å². The van der Waals surface area contributed by atoms with Crippen LogP contribution in [0.5, 0.6) is 0 Å². The molecule has 1 unspecified atom stereocenters. The van der Waals surface area contributed by atoms with Gasteiger partial charge in [0.05, 0.1) is 5.25 Å². The molecule has 18 heavy (non-hydrogen) atoms. The van der Waals surface area contributed by atoms with Crippen molar-refractivity contribution >= 4 is 17.5 Å². The Bertz CT molecular complexity index is 534. The van der Waals surface area contributed by atoms with Gasteiger partial charge in [0.1, 0.15) is 0 Å². The Morgan fingerprint density at radius 3 is 2.44 bits per heavy atom. The number of ketones is 1. The minimum absolute atomic E-state index is 0.0609. The topological polar surface area (TPSA) is 17.1 Å². The summed E-state index contributed by atoms with van der Waals surface area (Å²) in [5, 5.41) is -0.0609. The number of Topliss-reactive ketones (excluding diaryl/α,β-unsaturated/α-hetero) is 1. The molecule has 2 heteroatoms. The first-order chi connectivity index (χ1) is 8.66. The van der Waals surface area contributed by atoms with E-state index >= 15 is 0 Å². The molecular formula is C16H16OS. The molecule has 0 N–H and O–H groups in total. The monoisotopic (exact) mass is 256 g/mol. The maximum Gasteiger partial charge on any atom is 0.175 e. The summed E-state index contributed by atoms with van der Waals surface area (Å²) in [6.07, 6.45) is 0. The second-order valence-corrected chi connectivity index (χ2v) is 5.72. The molecule has 0 radical (unpaired) electrons. The van der Waals surface area contributed by atoms with Gasteiger partial charge >= 0.3 is 0 Å². The van der Waals surface area contributed by atoms with Crippen molar-refractivity contribution in [3.63, 3.8) is 0 Å². The minimum atomic E-state index is -0.0609. The second-order valence-electron chi connectivity index (χ2n) is 4.31. The summed E-state index contributed by atoms with van der Waals surface area (Å²) in [6.45, 7) is 4.02. The molecule has 2 rings (SSSR count). The molecule has 0 bridgehead atoms. The number of benzene rings is 2. The fraction of sp³-hybridized carbons (Fsp3) is 0.188. The molecule has 1 atom stereocenters. The van der Waals surface area contributed by atoms with Crippen LogP contribution < -0.4 is 0 Å². The lowest BCUT2D eigenvalue weighted by Crippen LogP contribution is -2.13. The normalized spacial score (nSPS) is 12.1. The van der Waals surface area contributed by atoms with Crippen molar-refractivity contribution in [2.24, 2.45) is 0 Å². The number of thioether (sulfide) groups is 1. The first-order valence-electron chi connectivity index (χ1n) is 5.99. The smallest absolute Gasteiger partial charge is 0.175 e. The maximum atomic E-state index is 12.2. The maximum absolute atomic E-state index is 12.2. The first kappa shape index (κ1) is 12.9. The lowest BCUT2D eigenvalue weighted by Gasteiger charge is -2.10. The standard InChI is InChI=1S/C16H16OS/c1-12-7-6-10-15(11-12)18-13(2)16(17)14-8-4-3-5-9-14/h3-11,13H,1-2H3. The molecule has 0 fully saturated rings. The summed E-state index contributed by atoms with van der Waals surface area (Å²) < 4.78 is 0. The summed E-state index contributed by atoms with van der Waals surface area (Å²) >= 11 is 1.61. The largest absolute Gasteiger partial charge is 0.293 e. The van der Waals surface area contributed by atoms with Crippen LogP contribution in [0.1, 0.15) is 22.8 Å². The number of aryl methyl sites for hydroxylation is 1. The number of rotatable bonds is 4. The highest BCUT2D eigenvalue weighted by Crippen LogP contribution is 2.26. The zero-order valence-corrected chi connectivity index (χ0v) is 11.4. The van der Waals surface area contributed by atoms with Crippen LogP contribution >= 0.6 is 11.8 Å². The Hall–Kier alpha value is -1.54. The highest BCUT2D eigenvalue weighted by atomic mass is 32.2. The molecule has 0 aromatic heterocycles. The molecule has 2 aromatic rings. The van der Waals surface area contributed by atoms with E-state index in [4.69, 9.17) is 0 Å². The highest BCUT2D eigenvalue weighted by molar-refractivity contribution is 8.00. The zero-order valence-electron chi connectivity index (χ0n) is 10.6. The predicted molar refractivity (Wildman–Crippen MR) is 77.3 cm³/mol. The van der Waals surface area contributed by atoms with Gasteiger partial charge < -0.3 is 0 Å². The van der Waals surface area contributed by atoms with Crippen molar-refractivity contribution in [1.82, 2.24) is 0 Å². The Labute approximate surface area is 112 Å². The molecule has 0 aliphatic carbocycles. The SMILES string of the molecule is Cc1cccc(SC(C)C(=O)c2ccccc2)c1.